The fourth-order valence-electron chi connectivity index (χ4n) is 1.87. The molecule has 0 N–H and O–H groups in total. The van der Waals surface area contributed by atoms with Gasteiger partial charge in [-0.15, -0.1) is 0 Å². The molecule has 0 bridgehead atoms. The fourth-order valence-corrected chi connectivity index (χ4v) is 2.03. The molecule has 1 aromatic heterocycles. The van der Waals surface area contributed by atoms with Crippen molar-refractivity contribution < 1.29 is 0 Å². The molecule has 0 saturated carbocycles. The van der Waals surface area contributed by atoms with Crippen LogP contribution in [0.25, 0.3) is 10.9 Å². The molecule has 0 fully saturated rings. The van der Waals surface area contributed by atoms with Crippen molar-refractivity contribution in [1.82, 2.24) is 4.98 Å². The number of fused-ring (bicyclic) bond motifs is 1. The van der Waals surface area contributed by atoms with Gasteiger partial charge in [-0.05, 0) is 44.2 Å². The van der Waals surface area contributed by atoms with E-state index in [1.807, 2.05) is 18.2 Å². The number of benzene rings is 1. The second kappa shape index (κ2) is 4.71. The van der Waals surface area contributed by atoms with Gasteiger partial charge in [0.25, 0.3) is 0 Å². The molecule has 0 unspecified atom stereocenters. The highest BCUT2D eigenvalue weighted by Gasteiger charge is 2.03. The van der Waals surface area contributed by atoms with E-state index < -0.39 is 0 Å². The minimum Gasteiger partial charge on any atom is -0.372 e. The Bertz CT molecular complexity index is 492. The Morgan fingerprint density at radius 2 is 1.88 bits per heavy atom. The average Bonchev–Trinajstić information content (AvgIpc) is 2.31. The van der Waals surface area contributed by atoms with E-state index in [0.717, 1.165) is 24.0 Å². The van der Waals surface area contributed by atoms with E-state index in [1.54, 1.807) is 0 Å². The van der Waals surface area contributed by atoms with Crippen LogP contribution in [0.5, 0.6) is 0 Å². The van der Waals surface area contributed by atoms with E-state index in [2.05, 4.69) is 35.9 Å². The monoisotopic (exact) mass is 234 g/mol. The SMILES string of the molecule is CCN(CC)c1ccc2nc(Cl)ccc2c1. The third kappa shape index (κ3) is 2.12. The van der Waals surface area contributed by atoms with Gasteiger partial charge in [-0.2, -0.15) is 0 Å². The maximum absolute atomic E-state index is 5.85. The number of anilines is 1. The van der Waals surface area contributed by atoms with E-state index >= 15 is 0 Å². The van der Waals surface area contributed by atoms with Crippen LogP contribution in [-0.4, -0.2) is 18.1 Å². The highest BCUT2D eigenvalue weighted by Crippen LogP contribution is 2.22. The van der Waals surface area contributed by atoms with Crippen LogP contribution < -0.4 is 4.90 Å². The minimum absolute atomic E-state index is 0.545. The molecule has 1 aromatic carbocycles. The molecule has 16 heavy (non-hydrogen) atoms. The molecule has 84 valence electrons. The second-order valence-corrected chi connectivity index (χ2v) is 4.07. The molecule has 2 nitrogen and oxygen atoms in total. The van der Waals surface area contributed by atoms with Crippen LogP contribution in [0.4, 0.5) is 5.69 Å². The number of pyridine rings is 1. The van der Waals surface area contributed by atoms with Crippen LogP contribution in [-0.2, 0) is 0 Å². The maximum Gasteiger partial charge on any atom is 0.129 e. The first-order chi connectivity index (χ1) is 7.74. The first-order valence-corrected chi connectivity index (χ1v) is 5.93. The Hall–Kier alpha value is -1.28. The minimum atomic E-state index is 0.545. The Balaban J connectivity index is 2.47. The molecule has 0 aliphatic rings. The number of rotatable bonds is 3. The van der Waals surface area contributed by atoms with Crippen molar-refractivity contribution >= 4 is 28.2 Å². The summed E-state index contributed by atoms with van der Waals surface area (Å²) in [6, 6.07) is 10.1. The van der Waals surface area contributed by atoms with Crippen molar-refractivity contribution in [1.29, 1.82) is 0 Å². The predicted molar refractivity (Wildman–Crippen MR) is 70.3 cm³/mol. The van der Waals surface area contributed by atoms with Crippen LogP contribution >= 0.6 is 11.6 Å². The van der Waals surface area contributed by atoms with Crippen LogP contribution in [0.15, 0.2) is 30.3 Å². The van der Waals surface area contributed by atoms with Crippen molar-refractivity contribution in [2.24, 2.45) is 0 Å². The zero-order valence-corrected chi connectivity index (χ0v) is 10.3. The number of halogens is 1. The van der Waals surface area contributed by atoms with E-state index in [4.69, 9.17) is 11.6 Å². The molecule has 0 aliphatic carbocycles. The van der Waals surface area contributed by atoms with Gasteiger partial charge in [-0.1, -0.05) is 11.6 Å². The normalized spacial score (nSPS) is 10.7. The lowest BCUT2D eigenvalue weighted by Gasteiger charge is -2.21. The largest absolute Gasteiger partial charge is 0.372 e. The van der Waals surface area contributed by atoms with Crippen LogP contribution in [0.1, 0.15) is 13.8 Å². The van der Waals surface area contributed by atoms with Gasteiger partial charge in [-0.3, -0.25) is 0 Å². The van der Waals surface area contributed by atoms with E-state index in [-0.39, 0.29) is 0 Å². The van der Waals surface area contributed by atoms with E-state index in [0.29, 0.717) is 5.15 Å². The van der Waals surface area contributed by atoms with Gasteiger partial charge in [0.05, 0.1) is 5.52 Å². The van der Waals surface area contributed by atoms with Crippen molar-refractivity contribution in [3.8, 4) is 0 Å². The second-order valence-electron chi connectivity index (χ2n) is 3.68. The molecule has 0 atom stereocenters. The standard InChI is InChI=1S/C13H15ClN2/c1-3-16(4-2)11-6-7-12-10(9-11)5-8-13(14)15-12/h5-9H,3-4H2,1-2H3. The number of aromatic nitrogens is 1. The maximum atomic E-state index is 5.85. The van der Waals surface area contributed by atoms with Gasteiger partial charge < -0.3 is 4.90 Å². The zero-order valence-electron chi connectivity index (χ0n) is 9.57. The molecule has 0 spiro atoms. The van der Waals surface area contributed by atoms with E-state index in [9.17, 15) is 0 Å². The molecule has 0 aliphatic heterocycles. The fraction of sp³-hybridized carbons (Fsp3) is 0.308. The molecule has 0 amide bonds. The van der Waals surface area contributed by atoms with Gasteiger partial charge in [-0.25, -0.2) is 4.98 Å². The summed E-state index contributed by atoms with van der Waals surface area (Å²) in [5.74, 6) is 0. The zero-order chi connectivity index (χ0) is 11.5. The summed E-state index contributed by atoms with van der Waals surface area (Å²) in [6.07, 6.45) is 0. The lowest BCUT2D eigenvalue weighted by Crippen LogP contribution is -2.21. The van der Waals surface area contributed by atoms with Gasteiger partial charge >= 0.3 is 0 Å². The predicted octanol–water partition coefficient (Wildman–Crippen LogP) is 3.73. The van der Waals surface area contributed by atoms with Gasteiger partial charge in [0.1, 0.15) is 5.15 Å². The molecule has 3 heteroatoms. The summed E-state index contributed by atoms with van der Waals surface area (Å²) in [5, 5.41) is 1.68. The number of hydrogen-bond donors (Lipinski definition) is 0. The molecule has 2 rings (SSSR count). The lowest BCUT2D eigenvalue weighted by molar-refractivity contribution is 0.867. The van der Waals surface area contributed by atoms with Crippen LogP contribution in [0, 0.1) is 0 Å². The van der Waals surface area contributed by atoms with Crippen molar-refractivity contribution in [3.05, 3.63) is 35.5 Å². The van der Waals surface area contributed by atoms with Crippen LogP contribution in [0.2, 0.25) is 5.15 Å². The summed E-state index contributed by atoms with van der Waals surface area (Å²) in [6.45, 7) is 6.35. The van der Waals surface area contributed by atoms with Gasteiger partial charge in [0, 0.05) is 24.2 Å². The Morgan fingerprint density at radius 3 is 2.56 bits per heavy atom. The summed E-state index contributed by atoms with van der Waals surface area (Å²) in [4.78, 5) is 6.59. The van der Waals surface area contributed by atoms with Gasteiger partial charge in [0.15, 0.2) is 0 Å². The first kappa shape index (κ1) is 11.2. The van der Waals surface area contributed by atoms with Crippen molar-refractivity contribution in [2.75, 3.05) is 18.0 Å². The molecule has 0 radical (unpaired) electrons. The highest BCUT2D eigenvalue weighted by atomic mass is 35.5. The van der Waals surface area contributed by atoms with E-state index in [1.165, 1.54) is 5.69 Å². The summed E-state index contributed by atoms with van der Waals surface area (Å²) in [5.41, 5.74) is 2.19. The first-order valence-electron chi connectivity index (χ1n) is 5.56. The third-order valence-corrected chi connectivity index (χ3v) is 2.98. The topological polar surface area (TPSA) is 16.1 Å². The van der Waals surface area contributed by atoms with Gasteiger partial charge in [0.2, 0.25) is 0 Å². The Labute approximate surface area is 101 Å². The third-order valence-electron chi connectivity index (χ3n) is 2.77. The number of hydrogen-bond acceptors (Lipinski definition) is 2. The molecular weight excluding hydrogens is 220 g/mol. The molecular formula is C13H15ClN2. The quantitative estimate of drug-likeness (QED) is 0.753. The summed E-state index contributed by atoms with van der Waals surface area (Å²) in [7, 11) is 0. The number of nitrogens with zero attached hydrogens (tertiary/aromatic N) is 2. The Kier molecular flexibility index (Phi) is 3.30. The smallest absolute Gasteiger partial charge is 0.129 e. The lowest BCUT2D eigenvalue weighted by atomic mass is 10.2. The molecule has 0 saturated heterocycles. The highest BCUT2D eigenvalue weighted by molar-refractivity contribution is 6.29. The Morgan fingerprint density at radius 1 is 1.12 bits per heavy atom. The van der Waals surface area contributed by atoms with Crippen molar-refractivity contribution in [3.63, 3.8) is 0 Å². The molecule has 1 heterocycles. The van der Waals surface area contributed by atoms with Crippen molar-refractivity contribution in [2.45, 2.75) is 13.8 Å². The average molecular weight is 235 g/mol. The van der Waals surface area contributed by atoms with Crippen LogP contribution in [0.3, 0.4) is 0 Å². The molecule has 2 aromatic rings. The summed E-state index contributed by atoms with van der Waals surface area (Å²) < 4.78 is 0. The summed E-state index contributed by atoms with van der Waals surface area (Å²) >= 11 is 5.85.